The van der Waals surface area contributed by atoms with E-state index >= 15 is 0 Å². The maximum Gasteiger partial charge on any atom is 0.235 e. The van der Waals surface area contributed by atoms with Gasteiger partial charge < -0.3 is 16.3 Å². The van der Waals surface area contributed by atoms with Gasteiger partial charge in [-0.3, -0.25) is 4.79 Å². The summed E-state index contributed by atoms with van der Waals surface area (Å²) < 4.78 is 65.5. The first-order valence-electron chi connectivity index (χ1n) is 5.55. The average molecular weight is 311 g/mol. The number of halogens is 5. The van der Waals surface area contributed by atoms with Crippen LogP contribution in [0.15, 0.2) is 5.16 Å². The summed E-state index contributed by atoms with van der Waals surface area (Å²) in [5.74, 6) is -14.2. The fourth-order valence-corrected chi connectivity index (χ4v) is 1.52. The summed E-state index contributed by atoms with van der Waals surface area (Å²) in [4.78, 5) is 11.7. The van der Waals surface area contributed by atoms with Crippen LogP contribution in [0, 0.1) is 35.0 Å². The molecule has 0 aliphatic heterocycles. The molecule has 1 aromatic rings. The summed E-state index contributed by atoms with van der Waals surface area (Å²) in [6.45, 7) is 1.43. The Kier molecular flexibility index (Phi) is 5.06. The maximum atomic E-state index is 13.4. The minimum Gasteiger partial charge on any atom is -0.409 e. The molecule has 0 aromatic heterocycles. The molecule has 5 nitrogen and oxygen atoms in total. The molecule has 10 heteroatoms. The largest absolute Gasteiger partial charge is 0.409 e. The third-order valence-corrected chi connectivity index (χ3v) is 2.66. The zero-order valence-electron chi connectivity index (χ0n) is 10.6. The smallest absolute Gasteiger partial charge is 0.235 e. The van der Waals surface area contributed by atoms with Gasteiger partial charge in [0, 0.05) is 0 Å². The second-order valence-electron chi connectivity index (χ2n) is 3.92. The van der Waals surface area contributed by atoms with Crippen molar-refractivity contribution in [3.05, 3.63) is 29.1 Å². The summed E-state index contributed by atoms with van der Waals surface area (Å²) in [5, 5.41) is 12.6. The number of hydrogen-bond donors (Lipinski definition) is 3. The zero-order chi connectivity index (χ0) is 16.3. The van der Waals surface area contributed by atoms with Gasteiger partial charge in [-0.2, -0.15) is 0 Å². The molecule has 0 fully saturated rings. The number of anilines is 1. The van der Waals surface area contributed by atoms with Gasteiger partial charge >= 0.3 is 0 Å². The molecular weight excluding hydrogens is 301 g/mol. The molecule has 0 aliphatic carbocycles. The first-order valence-corrected chi connectivity index (χ1v) is 5.55. The SMILES string of the molecule is CCC(C(=O)Nc1c(F)c(F)c(F)c(F)c1F)C(N)=NO. The van der Waals surface area contributed by atoms with E-state index in [0.717, 1.165) is 0 Å². The van der Waals surface area contributed by atoms with Crippen molar-refractivity contribution in [2.24, 2.45) is 16.8 Å². The summed E-state index contributed by atoms with van der Waals surface area (Å²) in [6, 6.07) is 0. The van der Waals surface area contributed by atoms with Gasteiger partial charge in [0.25, 0.3) is 0 Å². The quantitative estimate of drug-likeness (QED) is 0.151. The van der Waals surface area contributed by atoms with E-state index in [0.29, 0.717) is 0 Å². The Morgan fingerprint density at radius 2 is 1.57 bits per heavy atom. The fourth-order valence-electron chi connectivity index (χ4n) is 1.52. The second-order valence-corrected chi connectivity index (χ2v) is 3.92. The molecule has 0 radical (unpaired) electrons. The van der Waals surface area contributed by atoms with Crippen LogP contribution in [-0.2, 0) is 4.79 Å². The van der Waals surface area contributed by atoms with E-state index in [2.05, 4.69) is 5.16 Å². The molecule has 0 saturated heterocycles. The van der Waals surface area contributed by atoms with Crippen LogP contribution in [0.1, 0.15) is 13.3 Å². The van der Waals surface area contributed by atoms with Crippen molar-refractivity contribution in [2.75, 3.05) is 5.32 Å². The number of nitrogens with two attached hydrogens (primary N) is 1. The van der Waals surface area contributed by atoms with E-state index in [4.69, 9.17) is 10.9 Å². The van der Waals surface area contributed by atoms with Crippen LogP contribution in [0.5, 0.6) is 0 Å². The van der Waals surface area contributed by atoms with Crippen molar-refractivity contribution in [1.82, 2.24) is 0 Å². The predicted molar refractivity (Wildman–Crippen MR) is 62.1 cm³/mol. The predicted octanol–water partition coefficient (Wildman–Crippen LogP) is 2.09. The van der Waals surface area contributed by atoms with Crippen molar-refractivity contribution >= 4 is 17.4 Å². The lowest BCUT2D eigenvalue weighted by atomic mass is 10.0. The maximum absolute atomic E-state index is 13.4. The van der Waals surface area contributed by atoms with Crippen molar-refractivity contribution in [1.29, 1.82) is 0 Å². The van der Waals surface area contributed by atoms with Gasteiger partial charge in [0.05, 0.1) is 5.92 Å². The molecule has 1 unspecified atom stereocenters. The molecule has 1 atom stereocenters. The number of benzene rings is 1. The highest BCUT2D eigenvalue weighted by atomic mass is 19.2. The summed E-state index contributed by atoms with van der Waals surface area (Å²) >= 11 is 0. The van der Waals surface area contributed by atoms with Crippen LogP contribution in [0.4, 0.5) is 27.6 Å². The van der Waals surface area contributed by atoms with Crippen LogP contribution in [-0.4, -0.2) is 17.0 Å². The number of amides is 1. The lowest BCUT2D eigenvalue weighted by Gasteiger charge is -2.15. The van der Waals surface area contributed by atoms with E-state index in [9.17, 15) is 26.7 Å². The van der Waals surface area contributed by atoms with Crippen LogP contribution in [0.25, 0.3) is 0 Å². The lowest BCUT2D eigenvalue weighted by molar-refractivity contribution is -0.118. The van der Waals surface area contributed by atoms with Crippen molar-refractivity contribution in [3.63, 3.8) is 0 Å². The van der Waals surface area contributed by atoms with Gasteiger partial charge in [0.1, 0.15) is 5.69 Å². The van der Waals surface area contributed by atoms with E-state index in [1.807, 2.05) is 0 Å². The normalized spacial score (nSPS) is 13.1. The van der Waals surface area contributed by atoms with E-state index < -0.39 is 52.4 Å². The van der Waals surface area contributed by atoms with E-state index in [1.165, 1.54) is 6.92 Å². The van der Waals surface area contributed by atoms with Crippen LogP contribution in [0.2, 0.25) is 0 Å². The zero-order valence-corrected chi connectivity index (χ0v) is 10.6. The third-order valence-electron chi connectivity index (χ3n) is 2.66. The van der Waals surface area contributed by atoms with Gasteiger partial charge in [0.2, 0.25) is 11.7 Å². The summed E-state index contributed by atoms with van der Waals surface area (Å²) in [5.41, 5.74) is 3.69. The Morgan fingerprint density at radius 3 is 1.95 bits per heavy atom. The first-order chi connectivity index (χ1) is 9.76. The second kappa shape index (κ2) is 6.37. The van der Waals surface area contributed by atoms with Crippen molar-refractivity contribution in [3.8, 4) is 0 Å². The van der Waals surface area contributed by atoms with Gasteiger partial charge in [-0.15, -0.1) is 0 Å². The van der Waals surface area contributed by atoms with Crippen LogP contribution < -0.4 is 11.1 Å². The minimum absolute atomic E-state index is 0.0306. The molecule has 21 heavy (non-hydrogen) atoms. The topological polar surface area (TPSA) is 87.7 Å². The van der Waals surface area contributed by atoms with Crippen LogP contribution in [0.3, 0.4) is 0 Å². The molecule has 116 valence electrons. The Hall–Kier alpha value is -2.39. The Labute approximate surface area is 115 Å². The number of amidine groups is 1. The van der Waals surface area contributed by atoms with Gasteiger partial charge in [0.15, 0.2) is 29.1 Å². The first kappa shape index (κ1) is 16.7. The molecule has 0 heterocycles. The molecule has 1 rings (SSSR count). The Balaban J connectivity index is 3.23. The van der Waals surface area contributed by atoms with Crippen molar-refractivity contribution in [2.45, 2.75) is 13.3 Å². The average Bonchev–Trinajstić information content (AvgIpc) is 2.48. The van der Waals surface area contributed by atoms with Gasteiger partial charge in [-0.05, 0) is 6.42 Å². The number of carbonyl (C=O) groups excluding carboxylic acids is 1. The Morgan fingerprint density at radius 1 is 1.14 bits per heavy atom. The molecule has 0 spiro atoms. The van der Waals surface area contributed by atoms with Gasteiger partial charge in [-0.1, -0.05) is 12.1 Å². The Bertz CT molecular complexity index is 577. The highest BCUT2D eigenvalue weighted by Crippen LogP contribution is 2.27. The number of rotatable bonds is 4. The van der Waals surface area contributed by atoms with Crippen LogP contribution >= 0.6 is 0 Å². The monoisotopic (exact) mass is 311 g/mol. The molecule has 1 aromatic carbocycles. The molecular formula is C11H10F5N3O2. The highest BCUT2D eigenvalue weighted by Gasteiger charge is 2.29. The minimum atomic E-state index is -2.34. The number of oxime groups is 1. The number of carbonyl (C=O) groups is 1. The summed E-state index contributed by atoms with van der Waals surface area (Å²) in [7, 11) is 0. The molecule has 0 saturated carbocycles. The molecule has 1 amide bonds. The van der Waals surface area contributed by atoms with E-state index in [-0.39, 0.29) is 6.42 Å². The van der Waals surface area contributed by atoms with E-state index in [1.54, 1.807) is 5.32 Å². The highest BCUT2D eigenvalue weighted by molar-refractivity contribution is 6.07. The fraction of sp³-hybridized carbons (Fsp3) is 0.273. The number of hydrogen-bond acceptors (Lipinski definition) is 3. The number of nitrogens with zero attached hydrogens (tertiary/aromatic N) is 1. The van der Waals surface area contributed by atoms with Crippen molar-refractivity contribution < 1.29 is 32.0 Å². The molecule has 0 aliphatic rings. The molecule has 0 bridgehead atoms. The number of nitrogens with one attached hydrogen (secondary N) is 1. The van der Waals surface area contributed by atoms with Gasteiger partial charge in [-0.25, -0.2) is 22.0 Å². The third kappa shape index (κ3) is 3.03. The standard InChI is InChI=1S/C11H10F5N3O2/c1-2-3(10(17)19-21)11(20)18-9-7(15)5(13)4(12)6(14)8(9)16/h3,21H,2H2,1H3,(H2,17,19)(H,18,20). The lowest BCUT2D eigenvalue weighted by Crippen LogP contribution is -2.34. The summed E-state index contributed by atoms with van der Waals surface area (Å²) in [6.07, 6.45) is -0.0306. The molecule has 4 N–H and O–H groups in total.